The lowest BCUT2D eigenvalue weighted by atomic mass is 9.80. The molecular weight excluding hydrogens is 392 g/mol. The Balaban J connectivity index is 1.65. The van der Waals surface area contributed by atoms with E-state index in [2.05, 4.69) is 20.9 Å². The molecule has 1 heterocycles. The Morgan fingerprint density at radius 1 is 1.29 bits per heavy atom. The number of rotatable bonds is 3. The summed E-state index contributed by atoms with van der Waals surface area (Å²) in [5, 5.41) is 11.3. The van der Waals surface area contributed by atoms with Gasteiger partial charge in [-0.3, -0.25) is 14.8 Å². The summed E-state index contributed by atoms with van der Waals surface area (Å²) in [6, 6.07) is 5.59. The number of hydrogen-bond donors (Lipinski definition) is 1. The van der Waals surface area contributed by atoms with E-state index < -0.39 is 11.8 Å². The van der Waals surface area contributed by atoms with Crippen LogP contribution in [-0.2, 0) is 9.59 Å². The average molecular weight is 407 g/mol. The van der Waals surface area contributed by atoms with Gasteiger partial charge in [-0.05, 0) is 43.4 Å². The van der Waals surface area contributed by atoms with Crippen molar-refractivity contribution in [3.63, 3.8) is 0 Å². The van der Waals surface area contributed by atoms with Crippen molar-refractivity contribution in [3.8, 4) is 0 Å². The van der Waals surface area contributed by atoms with Crippen LogP contribution in [0.5, 0.6) is 0 Å². The molecule has 2 aliphatic carbocycles. The fraction of sp³-hybridized carbons (Fsp3) is 0.353. The highest BCUT2D eigenvalue weighted by Crippen LogP contribution is 2.49. The van der Waals surface area contributed by atoms with Gasteiger partial charge in [-0.2, -0.15) is 5.06 Å². The van der Waals surface area contributed by atoms with E-state index in [0.717, 1.165) is 21.1 Å². The van der Waals surface area contributed by atoms with Crippen LogP contribution in [-0.4, -0.2) is 21.9 Å². The summed E-state index contributed by atoms with van der Waals surface area (Å²) in [6.07, 6.45) is 4.83. The standard InChI is InChI=1S/C17H15BrN2O3S/c1-8(21)14-9-2-3-10(6-9)15(14)16(22)20(23)17-19-12-5-4-11(18)7-13(12)24-17/h2-5,7,9-10,14-15,23H,6H2,1H3/t9?,10?,14-,15+/m0/s1. The SMILES string of the molecule is CC(=O)[C@H]1C2C=CC(C2)[C@H]1C(=O)N(O)c1nc2ccc(Br)cc2s1. The van der Waals surface area contributed by atoms with Crippen molar-refractivity contribution in [2.75, 3.05) is 5.06 Å². The number of Topliss-reactive ketones (excluding diaryl/α,β-unsaturated/α-hetero) is 1. The number of amides is 1. The summed E-state index contributed by atoms with van der Waals surface area (Å²) in [4.78, 5) is 29.2. The lowest BCUT2D eigenvalue weighted by Gasteiger charge is -2.27. The molecule has 24 heavy (non-hydrogen) atoms. The van der Waals surface area contributed by atoms with E-state index in [-0.39, 0.29) is 28.7 Å². The number of carbonyl (C=O) groups excluding carboxylic acids is 2. The number of ketones is 1. The van der Waals surface area contributed by atoms with E-state index in [1.54, 1.807) is 0 Å². The zero-order valence-corrected chi connectivity index (χ0v) is 15.3. The highest BCUT2D eigenvalue weighted by Gasteiger charge is 2.51. The van der Waals surface area contributed by atoms with E-state index >= 15 is 0 Å². The summed E-state index contributed by atoms with van der Waals surface area (Å²) >= 11 is 4.65. The molecule has 7 heteroatoms. The molecule has 1 aromatic carbocycles. The van der Waals surface area contributed by atoms with Crippen molar-refractivity contribution in [3.05, 3.63) is 34.8 Å². The molecule has 2 bridgehead atoms. The first kappa shape index (κ1) is 15.9. The molecule has 4 rings (SSSR count). The van der Waals surface area contributed by atoms with Crippen LogP contribution < -0.4 is 5.06 Å². The molecule has 1 N–H and O–H groups in total. The smallest absolute Gasteiger partial charge is 0.257 e. The van der Waals surface area contributed by atoms with Crippen LogP contribution in [0.2, 0.25) is 0 Å². The number of nitrogens with zero attached hydrogens (tertiary/aromatic N) is 2. The normalized spacial score (nSPS) is 27.8. The number of thiazole rings is 1. The predicted octanol–water partition coefficient (Wildman–Crippen LogP) is 3.81. The molecule has 2 unspecified atom stereocenters. The van der Waals surface area contributed by atoms with E-state index in [4.69, 9.17) is 0 Å². The largest absolute Gasteiger partial charge is 0.300 e. The molecule has 1 fully saturated rings. The summed E-state index contributed by atoms with van der Waals surface area (Å²) in [5.74, 6) is -1.14. The van der Waals surface area contributed by atoms with Crippen LogP contribution in [0, 0.1) is 23.7 Å². The molecule has 1 aromatic heterocycles. The molecule has 1 saturated carbocycles. The topological polar surface area (TPSA) is 70.5 Å². The fourth-order valence-corrected chi connectivity index (χ4v) is 5.36. The molecule has 2 aliphatic rings. The van der Waals surface area contributed by atoms with Gasteiger partial charge in [0.15, 0.2) is 0 Å². The predicted molar refractivity (Wildman–Crippen MR) is 95.0 cm³/mol. The van der Waals surface area contributed by atoms with Gasteiger partial charge in [0.05, 0.1) is 16.1 Å². The molecule has 124 valence electrons. The molecule has 0 aliphatic heterocycles. The number of hydroxylamine groups is 1. The molecule has 5 nitrogen and oxygen atoms in total. The lowest BCUT2D eigenvalue weighted by molar-refractivity contribution is -0.134. The Morgan fingerprint density at radius 2 is 2.00 bits per heavy atom. The number of anilines is 1. The van der Waals surface area contributed by atoms with Gasteiger partial charge in [0.2, 0.25) is 5.13 Å². The lowest BCUT2D eigenvalue weighted by Crippen LogP contribution is -2.41. The number of halogens is 1. The quantitative estimate of drug-likeness (QED) is 0.477. The fourth-order valence-electron chi connectivity index (χ4n) is 3.93. The van der Waals surface area contributed by atoms with Gasteiger partial charge in [0.1, 0.15) is 5.78 Å². The number of hydrogen-bond acceptors (Lipinski definition) is 5. The Labute approximate surface area is 151 Å². The molecular formula is C17H15BrN2O3S. The van der Waals surface area contributed by atoms with Crippen molar-refractivity contribution in [1.82, 2.24) is 4.98 Å². The maximum Gasteiger partial charge on any atom is 0.257 e. The Morgan fingerprint density at radius 3 is 2.71 bits per heavy atom. The molecule has 0 radical (unpaired) electrons. The highest BCUT2D eigenvalue weighted by molar-refractivity contribution is 9.10. The van der Waals surface area contributed by atoms with Crippen LogP contribution in [0.1, 0.15) is 13.3 Å². The first-order valence-electron chi connectivity index (χ1n) is 7.73. The molecule has 0 spiro atoms. The zero-order chi connectivity index (χ0) is 17.0. The highest BCUT2D eigenvalue weighted by atomic mass is 79.9. The van der Waals surface area contributed by atoms with Gasteiger partial charge < -0.3 is 0 Å². The molecule has 4 atom stereocenters. The van der Waals surface area contributed by atoms with E-state index in [9.17, 15) is 14.8 Å². The number of carbonyl (C=O) groups is 2. The summed E-state index contributed by atoms with van der Waals surface area (Å²) < 4.78 is 1.79. The molecule has 2 aromatic rings. The minimum absolute atomic E-state index is 0.00632. The Hall–Kier alpha value is -1.57. The van der Waals surface area contributed by atoms with Crippen LogP contribution >= 0.6 is 27.3 Å². The second-order valence-corrected chi connectivity index (χ2v) is 8.29. The summed E-state index contributed by atoms with van der Waals surface area (Å²) in [6.45, 7) is 1.52. The van der Waals surface area contributed by atoms with Crippen molar-refractivity contribution >= 4 is 54.3 Å². The zero-order valence-electron chi connectivity index (χ0n) is 12.8. The molecule has 1 amide bonds. The Bertz CT molecular complexity index is 878. The monoisotopic (exact) mass is 406 g/mol. The first-order chi connectivity index (χ1) is 11.5. The van der Waals surface area contributed by atoms with Crippen LogP contribution in [0.15, 0.2) is 34.8 Å². The van der Waals surface area contributed by atoms with Crippen molar-refractivity contribution in [2.45, 2.75) is 13.3 Å². The van der Waals surface area contributed by atoms with E-state index in [0.29, 0.717) is 5.06 Å². The minimum atomic E-state index is -0.499. The van der Waals surface area contributed by atoms with Gasteiger partial charge in [-0.1, -0.05) is 39.4 Å². The third kappa shape index (κ3) is 2.42. The number of aromatic nitrogens is 1. The maximum atomic E-state index is 12.8. The number of allylic oxidation sites excluding steroid dienone is 2. The second kappa shape index (κ2) is 5.75. The van der Waals surface area contributed by atoms with Crippen molar-refractivity contribution < 1.29 is 14.8 Å². The maximum absolute atomic E-state index is 12.8. The van der Waals surface area contributed by atoms with E-state index in [1.807, 2.05) is 30.4 Å². The summed E-state index contributed by atoms with van der Waals surface area (Å²) in [7, 11) is 0. The second-order valence-electron chi connectivity index (χ2n) is 6.37. The minimum Gasteiger partial charge on any atom is -0.300 e. The van der Waals surface area contributed by atoms with Gasteiger partial charge in [0.25, 0.3) is 5.91 Å². The average Bonchev–Trinajstić information content (AvgIpc) is 3.25. The van der Waals surface area contributed by atoms with Gasteiger partial charge >= 0.3 is 0 Å². The van der Waals surface area contributed by atoms with Gasteiger partial charge in [0, 0.05) is 10.4 Å². The third-order valence-corrected chi connectivity index (χ3v) is 6.43. The Kier molecular flexibility index (Phi) is 3.82. The van der Waals surface area contributed by atoms with E-state index in [1.165, 1.54) is 18.3 Å². The first-order valence-corrected chi connectivity index (χ1v) is 9.34. The van der Waals surface area contributed by atoms with Crippen molar-refractivity contribution in [1.29, 1.82) is 0 Å². The van der Waals surface area contributed by atoms with Gasteiger partial charge in [-0.15, -0.1) is 0 Å². The number of fused-ring (bicyclic) bond motifs is 3. The van der Waals surface area contributed by atoms with Crippen LogP contribution in [0.3, 0.4) is 0 Å². The number of benzene rings is 1. The van der Waals surface area contributed by atoms with Crippen LogP contribution in [0.25, 0.3) is 10.2 Å². The van der Waals surface area contributed by atoms with Crippen LogP contribution in [0.4, 0.5) is 5.13 Å². The third-order valence-electron chi connectivity index (χ3n) is 4.94. The summed E-state index contributed by atoms with van der Waals surface area (Å²) in [5.41, 5.74) is 0.723. The van der Waals surface area contributed by atoms with Crippen molar-refractivity contribution in [2.24, 2.45) is 23.7 Å². The molecule has 0 saturated heterocycles. The van der Waals surface area contributed by atoms with Gasteiger partial charge in [-0.25, -0.2) is 4.98 Å².